The second kappa shape index (κ2) is 8.16. The van der Waals surface area contributed by atoms with E-state index in [1.807, 2.05) is 6.92 Å². The van der Waals surface area contributed by atoms with Crippen molar-refractivity contribution in [2.45, 2.75) is 18.9 Å². The number of carbonyl (C=O) groups excluding carboxylic acids is 1. The van der Waals surface area contributed by atoms with Crippen LogP contribution in [0.15, 0.2) is 18.2 Å². The molecule has 0 aromatic heterocycles. The van der Waals surface area contributed by atoms with Gasteiger partial charge in [-0.3, -0.25) is 4.79 Å². The Morgan fingerprint density at radius 1 is 1.20 bits per heavy atom. The number of ketones is 1. The molecule has 1 fully saturated rings. The predicted molar refractivity (Wildman–Crippen MR) is 96.4 cm³/mol. The zero-order chi connectivity index (χ0) is 18.5. The third-order valence-electron chi connectivity index (χ3n) is 4.35. The second-order valence-corrected chi connectivity index (χ2v) is 8.68. The molecule has 0 radical (unpaired) electrons. The number of Topliss-reactive ketones (excluding diaryl/α,β-unsaturated/α-hetero) is 1. The van der Waals surface area contributed by atoms with E-state index in [4.69, 9.17) is 9.47 Å². The normalized spacial score (nSPS) is 21.9. The van der Waals surface area contributed by atoms with Crippen molar-refractivity contribution in [1.82, 2.24) is 10.6 Å². The highest BCUT2D eigenvalue weighted by Gasteiger charge is 2.37. The summed E-state index contributed by atoms with van der Waals surface area (Å²) in [7, 11) is 0.156. The molecule has 1 heterocycles. The smallest absolute Gasteiger partial charge is 0.176 e. The lowest BCUT2D eigenvalue weighted by Gasteiger charge is -2.24. The fourth-order valence-electron chi connectivity index (χ4n) is 2.92. The number of sulfone groups is 1. The molecule has 1 aliphatic rings. The van der Waals surface area contributed by atoms with Gasteiger partial charge in [0.05, 0.1) is 32.3 Å². The number of nitrogens with one attached hydrogen (secondary N) is 2. The molecule has 0 aliphatic carbocycles. The van der Waals surface area contributed by atoms with Crippen molar-refractivity contribution in [3.63, 3.8) is 0 Å². The maximum Gasteiger partial charge on any atom is 0.176 e. The van der Waals surface area contributed by atoms with E-state index in [1.165, 1.54) is 7.11 Å². The first-order valence-electron chi connectivity index (χ1n) is 8.20. The van der Waals surface area contributed by atoms with Gasteiger partial charge in [0, 0.05) is 24.2 Å². The van der Waals surface area contributed by atoms with Crippen LogP contribution in [0.25, 0.3) is 0 Å². The maximum absolute atomic E-state index is 12.2. The monoisotopic (exact) mass is 370 g/mol. The SMILES string of the molecule is COc1ccc(C(=O)CNCCN[C@]2(C)CCS(=O)(=O)C2)cc1OC. The second-order valence-electron chi connectivity index (χ2n) is 6.50. The Balaban J connectivity index is 1.76. The van der Waals surface area contributed by atoms with E-state index in [0.29, 0.717) is 36.6 Å². The largest absolute Gasteiger partial charge is 0.493 e. The van der Waals surface area contributed by atoms with Crippen molar-refractivity contribution >= 4 is 15.6 Å². The summed E-state index contributed by atoms with van der Waals surface area (Å²) >= 11 is 0. The first kappa shape index (κ1) is 19.7. The van der Waals surface area contributed by atoms with E-state index in [1.54, 1.807) is 25.3 Å². The Kier molecular flexibility index (Phi) is 6.42. The molecule has 0 bridgehead atoms. The molecule has 1 aliphatic heterocycles. The first-order chi connectivity index (χ1) is 11.8. The van der Waals surface area contributed by atoms with Crippen molar-refractivity contribution in [3.8, 4) is 11.5 Å². The summed E-state index contributed by atoms with van der Waals surface area (Å²) in [4.78, 5) is 12.2. The van der Waals surface area contributed by atoms with Crippen LogP contribution < -0.4 is 20.1 Å². The molecule has 0 spiro atoms. The highest BCUT2D eigenvalue weighted by atomic mass is 32.2. The number of benzene rings is 1. The molecular weight excluding hydrogens is 344 g/mol. The number of ether oxygens (including phenoxy) is 2. The predicted octanol–water partition coefficient (Wildman–Crippen LogP) is 0.643. The quantitative estimate of drug-likeness (QED) is 0.487. The van der Waals surface area contributed by atoms with Crippen LogP contribution in [0.4, 0.5) is 0 Å². The van der Waals surface area contributed by atoms with Gasteiger partial charge in [0.1, 0.15) is 0 Å². The van der Waals surface area contributed by atoms with E-state index in [0.717, 1.165) is 0 Å². The van der Waals surface area contributed by atoms with Crippen LogP contribution in [-0.4, -0.2) is 65.1 Å². The molecule has 140 valence electrons. The van der Waals surface area contributed by atoms with Gasteiger partial charge in [0.15, 0.2) is 27.1 Å². The Hall–Kier alpha value is -1.64. The molecule has 0 unspecified atom stereocenters. The lowest BCUT2D eigenvalue weighted by Crippen LogP contribution is -2.46. The number of methoxy groups -OCH3 is 2. The molecule has 1 aromatic rings. The van der Waals surface area contributed by atoms with Gasteiger partial charge < -0.3 is 20.1 Å². The van der Waals surface area contributed by atoms with Crippen molar-refractivity contribution in [2.24, 2.45) is 0 Å². The zero-order valence-electron chi connectivity index (χ0n) is 14.9. The van der Waals surface area contributed by atoms with Crippen molar-refractivity contribution in [1.29, 1.82) is 0 Å². The summed E-state index contributed by atoms with van der Waals surface area (Å²) in [6.07, 6.45) is 0.625. The minimum absolute atomic E-state index is 0.0457. The van der Waals surface area contributed by atoms with Gasteiger partial charge in [-0.05, 0) is 31.5 Å². The van der Waals surface area contributed by atoms with Crippen LogP contribution >= 0.6 is 0 Å². The lowest BCUT2D eigenvalue weighted by atomic mass is 10.0. The average Bonchev–Trinajstić information content (AvgIpc) is 2.87. The average molecular weight is 370 g/mol. The van der Waals surface area contributed by atoms with E-state index < -0.39 is 9.84 Å². The molecular formula is C17H26N2O5S. The Bertz CT molecular complexity index is 720. The van der Waals surface area contributed by atoms with Gasteiger partial charge in [-0.15, -0.1) is 0 Å². The number of carbonyl (C=O) groups is 1. The highest BCUT2D eigenvalue weighted by Crippen LogP contribution is 2.27. The summed E-state index contributed by atoms with van der Waals surface area (Å²) in [6, 6.07) is 5.06. The number of hydrogen-bond donors (Lipinski definition) is 2. The van der Waals surface area contributed by atoms with Crippen LogP contribution in [0.1, 0.15) is 23.7 Å². The van der Waals surface area contributed by atoms with Gasteiger partial charge in [-0.1, -0.05) is 0 Å². The fourth-order valence-corrected chi connectivity index (χ4v) is 5.04. The fraction of sp³-hybridized carbons (Fsp3) is 0.588. The topological polar surface area (TPSA) is 93.7 Å². The highest BCUT2D eigenvalue weighted by molar-refractivity contribution is 7.91. The molecule has 1 atom stereocenters. The lowest BCUT2D eigenvalue weighted by molar-refractivity contribution is 0.0991. The molecule has 1 saturated heterocycles. The standard InChI is InChI=1S/C17H26N2O5S/c1-17(6-9-25(21,22)12-17)19-8-7-18-11-14(20)13-4-5-15(23-2)16(10-13)24-3/h4-5,10,18-19H,6-9,11-12H2,1-3H3/t17-/m1/s1. The summed E-state index contributed by atoms with van der Waals surface area (Å²) in [5.41, 5.74) is 0.181. The van der Waals surface area contributed by atoms with Crippen LogP contribution in [0.2, 0.25) is 0 Å². The molecule has 2 rings (SSSR count). The Morgan fingerprint density at radius 3 is 2.52 bits per heavy atom. The van der Waals surface area contributed by atoms with Crippen molar-refractivity contribution in [3.05, 3.63) is 23.8 Å². The summed E-state index contributed by atoms with van der Waals surface area (Å²) < 4.78 is 33.5. The van der Waals surface area contributed by atoms with Gasteiger partial charge in [-0.25, -0.2) is 8.42 Å². The van der Waals surface area contributed by atoms with Crippen LogP contribution in [0, 0.1) is 0 Å². The van der Waals surface area contributed by atoms with E-state index in [-0.39, 0.29) is 29.4 Å². The zero-order valence-corrected chi connectivity index (χ0v) is 15.7. The Morgan fingerprint density at radius 2 is 1.92 bits per heavy atom. The maximum atomic E-state index is 12.2. The Labute approximate surface area is 149 Å². The summed E-state index contributed by atoms with van der Waals surface area (Å²) in [5.74, 6) is 1.46. The van der Waals surface area contributed by atoms with Gasteiger partial charge >= 0.3 is 0 Å². The number of hydrogen-bond acceptors (Lipinski definition) is 7. The van der Waals surface area contributed by atoms with Gasteiger partial charge in [-0.2, -0.15) is 0 Å². The minimum atomic E-state index is -2.92. The first-order valence-corrected chi connectivity index (χ1v) is 10.0. The third-order valence-corrected chi connectivity index (χ3v) is 6.25. The number of rotatable bonds is 9. The molecule has 0 saturated carbocycles. The van der Waals surface area contributed by atoms with Crippen LogP contribution in [0.5, 0.6) is 11.5 Å². The third kappa shape index (κ3) is 5.42. The van der Waals surface area contributed by atoms with E-state index in [9.17, 15) is 13.2 Å². The van der Waals surface area contributed by atoms with Crippen molar-refractivity contribution in [2.75, 3.05) is 45.4 Å². The van der Waals surface area contributed by atoms with Gasteiger partial charge in [0.2, 0.25) is 0 Å². The van der Waals surface area contributed by atoms with Crippen LogP contribution in [0.3, 0.4) is 0 Å². The van der Waals surface area contributed by atoms with E-state index in [2.05, 4.69) is 10.6 Å². The minimum Gasteiger partial charge on any atom is -0.493 e. The molecule has 0 amide bonds. The molecule has 1 aromatic carbocycles. The molecule has 25 heavy (non-hydrogen) atoms. The van der Waals surface area contributed by atoms with E-state index >= 15 is 0 Å². The van der Waals surface area contributed by atoms with Crippen molar-refractivity contribution < 1.29 is 22.7 Å². The summed E-state index contributed by atoms with van der Waals surface area (Å²) in [6.45, 7) is 3.30. The molecule has 7 nitrogen and oxygen atoms in total. The molecule has 8 heteroatoms. The summed E-state index contributed by atoms with van der Waals surface area (Å²) in [5, 5.41) is 6.35. The van der Waals surface area contributed by atoms with Gasteiger partial charge in [0.25, 0.3) is 0 Å². The molecule has 2 N–H and O–H groups in total. The van der Waals surface area contributed by atoms with Crippen LogP contribution in [-0.2, 0) is 9.84 Å².